The number of rotatable bonds is 7. The summed E-state index contributed by atoms with van der Waals surface area (Å²) in [5, 5.41) is 2.07. The van der Waals surface area contributed by atoms with Crippen LogP contribution in [-0.4, -0.2) is 55.5 Å². The second-order valence-corrected chi connectivity index (χ2v) is 11.3. The molecule has 5 rings (SSSR count). The highest BCUT2D eigenvalue weighted by atomic mass is 35.5. The quantitative estimate of drug-likeness (QED) is 0.383. The van der Waals surface area contributed by atoms with Crippen LogP contribution in [0.1, 0.15) is 12.2 Å². The van der Waals surface area contributed by atoms with Gasteiger partial charge in [-0.05, 0) is 67.7 Å². The van der Waals surface area contributed by atoms with Crippen molar-refractivity contribution in [3.63, 3.8) is 0 Å². The van der Waals surface area contributed by atoms with Crippen LogP contribution in [0.25, 0.3) is 16.5 Å². The number of carbonyl (C=O) groups excluding carboxylic acids is 1. The van der Waals surface area contributed by atoms with Crippen LogP contribution in [0.4, 0.5) is 10.1 Å². The summed E-state index contributed by atoms with van der Waals surface area (Å²) in [6, 6.07) is 13.4. The van der Waals surface area contributed by atoms with E-state index in [1.807, 2.05) is 19.0 Å². The number of benzene rings is 3. The number of imidazole rings is 1. The molecule has 4 aromatic rings. The first-order valence-electron chi connectivity index (χ1n) is 11.6. The molecule has 0 spiro atoms. The second-order valence-electron chi connectivity index (χ2n) is 9.19. The molecular weight excluding hydrogens is 517 g/mol. The van der Waals surface area contributed by atoms with E-state index >= 15 is 4.39 Å². The van der Waals surface area contributed by atoms with E-state index in [4.69, 9.17) is 11.6 Å². The first kappa shape index (κ1) is 25.3. The molecule has 192 valence electrons. The maximum Gasteiger partial charge on any atom is 0.245 e. The number of halogens is 2. The fourth-order valence-corrected chi connectivity index (χ4v) is 5.92. The van der Waals surface area contributed by atoms with Crippen molar-refractivity contribution in [1.82, 2.24) is 19.2 Å². The van der Waals surface area contributed by atoms with E-state index in [1.165, 1.54) is 29.2 Å². The zero-order chi connectivity index (χ0) is 26.3. The Balaban J connectivity index is 1.34. The zero-order valence-electron chi connectivity index (χ0n) is 20.2. The Morgan fingerprint density at radius 1 is 1.11 bits per heavy atom. The summed E-state index contributed by atoms with van der Waals surface area (Å²) < 4.78 is 45.5. The van der Waals surface area contributed by atoms with Crippen molar-refractivity contribution in [3.05, 3.63) is 83.7 Å². The number of sulfonamides is 1. The molecule has 0 radical (unpaired) electrons. The Kier molecular flexibility index (Phi) is 6.76. The molecule has 0 aliphatic carbocycles. The number of amides is 1. The highest BCUT2D eigenvalue weighted by Crippen LogP contribution is 2.28. The molecule has 11 heteroatoms. The molecule has 0 bridgehead atoms. The van der Waals surface area contributed by atoms with E-state index < -0.39 is 27.8 Å². The molecule has 3 aromatic carbocycles. The van der Waals surface area contributed by atoms with Gasteiger partial charge in [-0.15, -0.1) is 0 Å². The lowest BCUT2D eigenvalue weighted by Crippen LogP contribution is -2.41. The number of aromatic nitrogens is 2. The Hall–Kier alpha value is -3.31. The minimum Gasteiger partial charge on any atom is -0.308 e. The van der Waals surface area contributed by atoms with Gasteiger partial charge in [0.25, 0.3) is 0 Å². The van der Waals surface area contributed by atoms with Crippen LogP contribution in [0.3, 0.4) is 0 Å². The molecule has 1 aliphatic heterocycles. The lowest BCUT2D eigenvalue weighted by Gasteiger charge is -2.19. The van der Waals surface area contributed by atoms with Gasteiger partial charge in [-0.3, -0.25) is 4.79 Å². The van der Waals surface area contributed by atoms with Crippen molar-refractivity contribution < 1.29 is 17.6 Å². The molecule has 37 heavy (non-hydrogen) atoms. The van der Waals surface area contributed by atoms with Gasteiger partial charge in [-0.2, -0.15) is 4.72 Å². The summed E-state index contributed by atoms with van der Waals surface area (Å²) in [5.74, 6) is -0.327. The van der Waals surface area contributed by atoms with Crippen LogP contribution in [0, 0.1) is 5.82 Å². The molecule has 1 N–H and O–H groups in total. The van der Waals surface area contributed by atoms with Gasteiger partial charge in [0.15, 0.2) is 0 Å². The molecule has 1 saturated heterocycles. The molecule has 2 heterocycles. The summed E-state index contributed by atoms with van der Waals surface area (Å²) in [7, 11) is -0.146. The van der Waals surface area contributed by atoms with Crippen molar-refractivity contribution in [2.75, 3.05) is 25.5 Å². The molecule has 1 amide bonds. The summed E-state index contributed by atoms with van der Waals surface area (Å²) in [6.45, 7) is 0.767. The van der Waals surface area contributed by atoms with Gasteiger partial charge in [0.1, 0.15) is 17.7 Å². The van der Waals surface area contributed by atoms with E-state index in [0.29, 0.717) is 22.6 Å². The number of nitrogens with one attached hydrogen (secondary N) is 1. The fraction of sp³-hybridized carbons (Fsp3) is 0.231. The van der Waals surface area contributed by atoms with Crippen molar-refractivity contribution in [1.29, 1.82) is 0 Å². The SMILES string of the molecule is CN(C)Cc1nccn1-c1ccc(N2CCC(NS(=O)(=O)c3ccc4cc(Cl)ccc4c3)C2=O)c(F)c1. The summed E-state index contributed by atoms with van der Waals surface area (Å²) >= 11 is 6.01. The van der Waals surface area contributed by atoms with Crippen molar-refractivity contribution in [2.24, 2.45) is 0 Å². The first-order valence-corrected chi connectivity index (χ1v) is 13.5. The Labute approximate surface area is 219 Å². The van der Waals surface area contributed by atoms with E-state index in [2.05, 4.69) is 9.71 Å². The second kappa shape index (κ2) is 9.86. The zero-order valence-corrected chi connectivity index (χ0v) is 21.8. The van der Waals surface area contributed by atoms with Crippen molar-refractivity contribution in [2.45, 2.75) is 23.9 Å². The monoisotopic (exact) mass is 541 g/mol. The summed E-state index contributed by atoms with van der Waals surface area (Å²) in [5.41, 5.74) is 0.685. The minimum absolute atomic E-state index is 0.0398. The molecule has 0 saturated carbocycles. The topological polar surface area (TPSA) is 87.5 Å². The predicted octanol–water partition coefficient (Wildman–Crippen LogP) is 3.96. The average molecular weight is 542 g/mol. The molecule has 1 aliphatic rings. The minimum atomic E-state index is -3.98. The Bertz CT molecular complexity index is 1610. The third kappa shape index (κ3) is 5.10. The lowest BCUT2D eigenvalue weighted by molar-refractivity contribution is -0.118. The van der Waals surface area contributed by atoms with Crippen LogP contribution in [0.5, 0.6) is 0 Å². The van der Waals surface area contributed by atoms with Crippen LogP contribution < -0.4 is 9.62 Å². The van der Waals surface area contributed by atoms with Gasteiger partial charge in [-0.1, -0.05) is 23.7 Å². The summed E-state index contributed by atoms with van der Waals surface area (Å²) in [4.78, 5) is 20.7. The van der Waals surface area contributed by atoms with E-state index in [0.717, 1.165) is 11.2 Å². The normalized spacial score (nSPS) is 16.3. The van der Waals surface area contributed by atoms with Gasteiger partial charge in [0, 0.05) is 35.7 Å². The van der Waals surface area contributed by atoms with Gasteiger partial charge in [0.2, 0.25) is 15.9 Å². The van der Waals surface area contributed by atoms with Gasteiger partial charge in [-0.25, -0.2) is 17.8 Å². The lowest BCUT2D eigenvalue weighted by atomic mass is 10.1. The average Bonchev–Trinajstić information content (AvgIpc) is 3.44. The largest absolute Gasteiger partial charge is 0.308 e. The fourth-order valence-electron chi connectivity index (χ4n) is 4.48. The van der Waals surface area contributed by atoms with Crippen LogP contribution in [0.15, 0.2) is 71.9 Å². The third-order valence-corrected chi connectivity index (χ3v) is 7.97. The van der Waals surface area contributed by atoms with Crippen molar-refractivity contribution >= 4 is 44.0 Å². The van der Waals surface area contributed by atoms with E-state index in [9.17, 15) is 13.2 Å². The number of carbonyl (C=O) groups is 1. The highest BCUT2D eigenvalue weighted by molar-refractivity contribution is 7.89. The van der Waals surface area contributed by atoms with Gasteiger partial charge >= 0.3 is 0 Å². The van der Waals surface area contributed by atoms with Crippen LogP contribution in [0.2, 0.25) is 5.02 Å². The number of fused-ring (bicyclic) bond motifs is 1. The maximum absolute atomic E-state index is 15.2. The smallest absolute Gasteiger partial charge is 0.245 e. The first-order chi connectivity index (χ1) is 17.6. The Morgan fingerprint density at radius 2 is 1.86 bits per heavy atom. The number of hydrogen-bond donors (Lipinski definition) is 1. The van der Waals surface area contributed by atoms with Gasteiger partial charge in [0.05, 0.1) is 17.1 Å². The maximum atomic E-state index is 15.2. The predicted molar refractivity (Wildman–Crippen MR) is 141 cm³/mol. The van der Waals surface area contributed by atoms with Crippen LogP contribution >= 0.6 is 11.6 Å². The number of anilines is 1. The Morgan fingerprint density at radius 3 is 2.62 bits per heavy atom. The molecule has 1 unspecified atom stereocenters. The molecule has 1 fully saturated rings. The van der Waals surface area contributed by atoms with Crippen molar-refractivity contribution in [3.8, 4) is 5.69 Å². The molecule has 1 aromatic heterocycles. The highest BCUT2D eigenvalue weighted by Gasteiger charge is 2.36. The van der Waals surface area contributed by atoms with Gasteiger partial charge < -0.3 is 14.4 Å². The molecule has 8 nitrogen and oxygen atoms in total. The van der Waals surface area contributed by atoms with Crippen LogP contribution in [-0.2, 0) is 21.4 Å². The van der Waals surface area contributed by atoms with E-state index in [-0.39, 0.29) is 23.5 Å². The standard InChI is InChI=1S/C26H25ClFN5O3S/c1-31(2)16-25-29-10-12-32(25)20-6-8-24(22(28)15-20)33-11-9-23(26(33)34)30-37(35,36)21-7-4-17-13-19(27)5-3-18(17)14-21/h3-8,10,12-15,23,30H,9,11,16H2,1-2H3. The number of nitrogens with zero attached hydrogens (tertiary/aromatic N) is 4. The third-order valence-electron chi connectivity index (χ3n) is 6.26. The van der Waals surface area contributed by atoms with E-state index in [1.54, 1.807) is 47.3 Å². The summed E-state index contributed by atoms with van der Waals surface area (Å²) in [6.07, 6.45) is 3.62. The molecule has 1 atom stereocenters. The number of hydrogen-bond acceptors (Lipinski definition) is 5. The molecular formula is C26H25ClFN5O3S.